The van der Waals surface area contributed by atoms with Gasteiger partial charge in [0.15, 0.2) is 0 Å². The summed E-state index contributed by atoms with van der Waals surface area (Å²) in [5.74, 6) is 1.42. The molecule has 2 rings (SSSR count). The van der Waals surface area contributed by atoms with Crippen molar-refractivity contribution in [3.05, 3.63) is 52.5 Å². The van der Waals surface area contributed by atoms with Crippen LogP contribution in [0.25, 0.3) is 0 Å². The second-order valence-electron chi connectivity index (χ2n) is 4.19. The first kappa shape index (κ1) is 15.1. The van der Waals surface area contributed by atoms with Gasteiger partial charge in [-0.1, -0.05) is 40.8 Å². The molecule has 0 atom stereocenters. The molecule has 5 heteroatoms. The fourth-order valence-corrected chi connectivity index (χ4v) is 2.05. The highest BCUT2D eigenvalue weighted by molar-refractivity contribution is 6.35. The Kier molecular flexibility index (Phi) is 5.63. The average Bonchev–Trinajstić information content (AvgIpc) is 2.42. The van der Waals surface area contributed by atoms with Crippen LogP contribution in [-0.4, -0.2) is 21.1 Å². The number of rotatable bonds is 6. The Bertz CT molecular complexity index is 558. The largest absolute Gasteiger partial charge is 0.493 e. The monoisotopic (exact) mass is 306 g/mol. The summed E-state index contributed by atoms with van der Waals surface area (Å²) < 4.78 is 11.1. The molecule has 0 bridgehead atoms. The van der Waals surface area contributed by atoms with E-state index in [1.54, 1.807) is 30.3 Å². The second-order valence-corrected chi connectivity index (χ2v) is 5.04. The van der Waals surface area contributed by atoms with E-state index in [1.807, 2.05) is 12.1 Å². The first-order valence-corrected chi connectivity index (χ1v) is 6.97. The highest BCUT2D eigenvalue weighted by Crippen LogP contribution is 2.27. The van der Waals surface area contributed by atoms with Gasteiger partial charge >= 0.3 is 0 Å². The molecular formula is C15H13BCl2O2. The van der Waals surface area contributed by atoms with E-state index < -0.39 is 0 Å². The zero-order valence-electron chi connectivity index (χ0n) is 10.8. The van der Waals surface area contributed by atoms with Gasteiger partial charge in [0.05, 0.1) is 18.2 Å². The van der Waals surface area contributed by atoms with Crippen LogP contribution in [-0.2, 0) is 0 Å². The van der Waals surface area contributed by atoms with E-state index in [9.17, 15) is 0 Å². The maximum atomic E-state index is 6.00. The summed E-state index contributed by atoms with van der Waals surface area (Å²) in [6.07, 6.45) is 0.753. The van der Waals surface area contributed by atoms with Crippen LogP contribution in [0.15, 0.2) is 42.5 Å². The van der Waals surface area contributed by atoms with Gasteiger partial charge < -0.3 is 9.47 Å². The molecule has 0 amide bonds. The molecule has 0 fully saturated rings. The summed E-state index contributed by atoms with van der Waals surface area (Å²) >= 11 is 11.8. The molecule has 102 valence electrons. The molecule has 0 aliphatic carbocycles. The molecule has 2 aromatic carbocycles. The second kappa shape index (κ2) is 7.46. The third-order valence-electron chi connectivity index (χ3n) is 2.59. The summed E-state index contributed by atoms with van der Waals surface area (Å²) in [5.41, 5.74) is 0.720. The van der Waals surface area contributed by atoms with Crippen LogP contribution >= 0.6 is 23.2 Å². The van der Waals surface area contributed by atoms with E-state index in [2.05, 4.69) is 0 Å². The summed E-state index contributed by atoms with van der Waals surface area (Å²) in [4.78, 5) is 0. The first-order valence-electron chi connectivity index (χ1n) is 6.21. The molecule has 0 unspecified atom stereocenters. The van der Waals surface area contributed by atoms with Gasteiger partial charge in [0.1, 0.15) is 19.3 Å². The van der Waals surface area contributed by atoms with Gasteiger partial charge in [-0.15, -0.1) is 0 Å². The predicted molar refractivity (Wildman–Crippen MR) is 83.9 cm³/mol. The average molecular weight is 307 g/mol. The van der Waals surface area contributed by atoms with E-state index in [1.165, 1.54) is 0 Å². The van der Waals surface area contributed by atoms with E-state index in [0.29, 0.717) is 29.0 Å². The summed E-state index contributed by atoms with van der Waals surface area (Å²) in [7, 11) is 5.59. The highest BCUT2D eigenvalue weighted by Gasteiger charge is 2.02. The minimum atomic E-state index is 0.511. The molecule has 2 radical (unpaired) electrons. The lowest BCUT2D eigenvalue weighted by Crippen LogP contribution is -2.06. The van der Waals surface area contributed by atoms with Crippen LogP contribution in [0.5, 0.6) is 11.5 Å². The summed E-state index contributed by atoms with van der Waals surface area (Å²) in [6.45, 7) is 1.09. The number of hydrogen-bond donors (Lipinski definition) is 0. The molecule has 0 heterocycles. The van der Waals surface area contributed by atoms with Crippen molar-refractivity contribution in [3.63, 3.8) is 0 Å². The first-order chi connectivity index (χ1) is 9.65. The van der Waals surface area contributed by atoms with Gasteiger partial charge in [0, 0.05) is 11.4 Å². The van der Waals surface area contributed by atoms with Crippen molar-refractivity contribution in [2.45, 2.75) is 6.42 Å². The zero-order valence-corrected chi connectivity index (χ0v) is 12.3. The van der Waals surface area contributed by atoms with E-state index in [0.717, 1.165) is 17.6 Å². The van der Waals surface area contributed by atoms with Gasteiger partial charge in [0.2, 0.25) is 0 Å². The maximum absolute atomic E-state index is 6.00. The SMILES string of the molecule is [B]c1ccc(OCCCOc2ccc(Cl)cc2Cl)cc1. The Morgan fingerprint density at radius 3 is 2.30 bits per heavy atom. The Morgan fingerprint density at radius 2 is 1.60 bits per heavy atom. The van der Waals surface area contributed by atoms with Crippen LogP contribution < -0.4 is 14.9 Å². The minimum absolute atomic E-state index is 0.511. The lowest BCUT2D eigenvalue weighted by molar-refractivity contribution is 0.247. The fourth-order valence-electron chi connectivity index (χ4n) is 1.59. The van der Waals surface area contributed by atoms with Crippen molar-refractivity contribution < 1.29 is 9.47 Å². The summed E-state index contributed by atoms with van der Waals surface area (Å²) in [5, 5.41) is 1.10. The van der Waals surface area contributed by atoms with Gasteiger partial charge in [-0.2, -0.15) is 0 Å². The molecule has 0 saturated carbocycles. The van der Waals surface area contributed by atoms with Crippen molar-refractivity contribution in [2.24, 2.45) is 0 Å². The van der Waals surface area contributed by atoms with Gasteiger partial charge in [-0.3, -0.25) is 0 Å². The number of hydrogen-bond acceptors (Lipinski definition) is 2. The summed E-state index contributed by atoms with van der Waals surface area (Å²) in [6, 6.07) is 12.4. The maximum Gasteiger partial charge on any atom is 0.137 e. The van der Waals surface area contributed by atoms with Crippen LogP contribution in [0.2, 0.25) is 10.0 Å². The number of benzene rings is 2. The van der Waals surface area contributed by atoms with Crippen molar-refractivity contribution in [1.82, 2.24) is 0 Å². The van der Waals surface area contributed by atoms with Crippen LogP contribution in [0, 0.1) is 0 Å². The molecule has 2 aromatic rings. The van der Waals surface area contributed by atoms with Gasteiger partial charge in [0.25, 0.3) is 0 Å². The molecule has 2 nitrogen and oxygen atoms in total. The van der Waals surface area contributed by atoms with E-state index in [-0.39, 0.29) is 0 Å². The molecule has 0 aliphatic rings. The lowest BCUT2D eigenvalue weighted by atomic mass is 9.97. The molecule has 0 aromatic heterocycles. The zero-order chi connectivity index (χ0) is 14.4. The topological polar surface area (TPSA) is 18.5 Å². The van der Waals surface area contributed by atoms with Gasteiger partial charge in [-0.25, -0.2) is 0 Å². The van der Waals surface area contributed by atoms with Crippen molar-refractivity contribution in [3.8, 4) is 11.5 Å². The predicted octanol–water partition coefficient (Wildman–Crippen LogP) is 3.64. The normalized spacial score (nSPS) is 10.3. The third-order valence-corrected chi connectivity index (χ3v) is 3.12. The van der Waals surface area contributed by atoms with Crippen molar-refractivity contribution in [1.29, 1.82) is 0 Å². The van der Waals surface area contributed by atoms with E-state index in [4.69, 9.17) is 40.5 Å². The van der Waals surface area contributed by atoms with E-state index >= 15 is 0 Å². The molecule has 20 heavy (non-hydrogen) atoms. The Balaban J connectivity index is 1.70. The molecule has 0 aliphatic heterocycles. The van der Waals surface area contributed by atoms with Crippen molar-refractivity contribution >= 4 is 36.5 Å². The van der Waals surface area contributed by atoms with Crippen LogP contribution in [0.4, 0.5) is 0 Å². The Morgan fingerprint density at radius 1 is 0.900 bits per heavy atom. The Hall–Kier alpha value is -1.32. The van der Waals surface area contributed by atoms with Gasteiger partial charge in [-0.05, 0) is 30.3 Å². The fraction of sp³-hybridized carbons (Fsp3) is 0.200. The van der Waals surface area contributed by atoms with Crippen molar-refractivity contribution in [2.75, 3.05) is 13.2 Å². The smallest absolute Gasteiger partial charge is 0.137 e. The molecule has 0 N–H and O–H groups in total. The quantitative estimate of drug-likeness (QED) is 0.599. The number of ether oxygens (including phenoxy) is 2. The Labute approximate surface area is 130 Å². The molecular weight excluding hydrogens is 294 g/mol. The molecule has 0 spiro atoms. The van der Waals surface area contributed by atoms with Crippen LogP contribution in [0.1, 0.15) is 6.42 Å². The highest BCUT2D eigenvalue weighted by atomic mass is 35.5. The third kappa shape index (κ3) is 4.66. The number of halogens is 2. The van der Waals surface area contributed by atoms with Crippen LogP contribution in [0.3, 0.4) is 0 Å². The minimum Gasteiger partial charge on any atom is -0.493 e. The molecule has 0 saturated heterocycles. The lowest BCUT2D eigenvalue weighted by Gasteiger charge is -2.09. The standard InChI is InChI=1S/C15H13BCl2O2/c16-11-2-5-13(6-3-11)19-8-1-9-20-15-7-4-12(17)10-14(15)18/h2-7,10H,1,8-9H2.